The number of carbonyl (C=O) groups is 1. The SMILES string of the molecule is COc1ccc(Cl)cc1-c1c(OC(=O)NC(C)(C)C)cnn1C. The lowest BCUT2D eigenvalue weighted by molar-refractivity contribution is 0.191. The molecule has 2 rings (SSSR count). The van der Waals surface area contributed by atoms with Gasteiger partial charge in [0.05, 0.1) is 13.3 Å². The zero-order valence-corrected chi connectivity index (χ0v) is 14.6. The monoisotopic (exact) mass is 337 g/mol. The third-order valence-corrected chi connectivity index (χ3v) is 3.24. The number of amides is 1. The molecule has 1 aromatic carbocycles. The van der Waals surface area contributed by atoms with E-state index in [1.54, 1.807) is 37.0 Å². The lowest BCUT2D eigenvalue weighted by atomic mass is 10.1. The highest BCUT2D eigenvalue weighted by Crippen LogP contribution is 2.37. The number of hydrogen-bond donors (Lipinski definition) is 1. The second-order valence-electron chi connectivity index (χ2n) is 6.09. The Kier molecular flexibility index (Phi) is 4.85. The molecule has 1 amide bonds. The number of rotatable bonds is 3. The summed E-state index contributed by atoms with van der Waals surface area (Å²) in [6.07, 6.45) is 0.936. The van der Waals surface area contributed by atoms with Crippen molar-refractivity contribution in [2.24, 2.45) is 7.05 Å². The van der Waals surface area contributed by atoms with Crippen LogP contribution in [0.15, 0.2) is 24.4 Å². The smallest absolute Gasteiger partial charge is 0.413 e. The summed E-state index contributed by atoms with van der Waals surface area (Å²) in [6.45, 7) is 5.62. The van der Waals surface area contributed by atoms with Gasteiger partial charge in [-0.15, -0.1) is 0 Å². The Balaban J connectivity index is 2.40. The summed E-state index contributed by atoms with van der Waals surface area (Å²) in [4.78, 5) is 12.0. The van der Waals surface area contributed by atoms with Gasteiger partial charge in [0.25, 0.3) is 0 Å². The number of halogens is 1. The van der Waals surface area contributed by atoms with E-state index in [0.717, 1.165) is 0 Å². The van der Waals surface area contributed by atoms with E-state index < -0.39 is 11.6 Å². The fourth-order valence-electron chi connectivity index (χ4n) is 2.10. The van der Waals surface area contributed by atoms with Gasteiger partial charge in [0.2, 0.25) is 0 Å². The first-order chi connectivity index (χ1) is 10.7. The molecule has 0 saturated carbocycles. The van der Waals surface area contributed by atoms with E-state index in [0.29, 0.717) is 27.8 Å². The van der Waals surface area contributed by atoms with Gasteiger partial charge in [0.15, 0.2) is 5.75 Å². The zero-order chi connectivity index (χ0) is 17.2. The summed E-state index contributed by atoms with van der Waals surface area (Å²) in [7, 11) is 3.32. The van der Waals surface area contributed by atoms with Gasteiger partial charge in [-0.05, 0) is 39.0 Å². The van der Waals surface area contributed by atoms with Crippen LogP contribution in [0.2, 0.25) is 5.02 Å². The molecule has 0 aliphatic rings. The molecule has 2 aromatic rings. The minimum Gasteiger partial charge on any atom is -0.496 e. The van der Waals surface area contributed by atoms with E-state index in [1.165, 1.54) is 6.20 Å². The highest BCUT2D eigenvalue weighted by Gasteiger charge is 2.21. The summed E-state index contributed by atoms with van der Waals surface area (Å²) in [5.41, 5.74) is 0.902. The van der Waals surface area contributed by atoms with Crippen molar-refractivity contribution in [2.75, 3.05) is 7.11 Å². The predicted octanol–water partition coefficient (Wildman–Crippen LogP) is 3.64. The molecule has 0 radical (unpaired) electrons. The van der Waals surface area contributed by atoms with Crippen LogP contribution in [-0.4, -0.2) is 28.5 Å². The van der Waals surface area contributed by atoms with Crippen LogP contribution >= 0.6 is 11.6 Å². The number of carbonyl (C=O) groups excluding carboxylic acids is 1. The van der Waals surface area contributed by atoms with Crippen LogP contribution < -0.4 is 14.8 Å². The Bertz CT molecular complexity index is 720. The number of aromatic nitrogens is 2. The second-order valence-corrected chi connectivity index (χ2v) is 6.53. The number of methoxy groups -OCH3 is 1. The molecule has 1 aromatic heterocycles. The van der Waals surface area contributed by atoms with Crippen LogP contribution in [0.4, 0.5) is 4.79 Å². The molecule has 7 heteroatoms. The van der Waals surface area contributed by atoms with Gasteiger partial charge in [-0.3, -0.25) is 4.68 Å². The summed E-state index contributed by atoms with van der Waals surface area (Å²) < 4.78 is 12.4. The first-order valence-corrected chi connectivity index (χ1v) is 7.45. The van der Waals surface area contributed by atoms with Crippen LogP contribution in [-0.2, 0) is 7.05 Å². The average molecular weight is 338 g/mol. The number of benzene rings is 1. The lowest BCUT2D eigenvalue weighted by Crippen LogP contribution is -2.42. The second kappa shape index (κ2) is 6.50. The molecule has 1 N–H and O–H groups in total. The fraction of sp³-hybridized carbons (Fsp3) is 0.375. The van der Waals surface area contributed by atoms with Crippen molar-refractivity contribution in [3.63, 3.8) is 0 Å². The largest absolute Gasteiger partial charge is 0.496 e. The van der Waals surface area contributed by atoms with Crippen molar-refractivity contribution in [1.29, 1.82) is 0 Å². The van der Waals surface area contributed by atoms with Crippen LogP contribution in [0, 0.1) is 0 Å². The van der Waals surface area contributed by atoms with E-state index in [2.05, 4.69) is 10.4 Å². The van der Waals surface area contributed by atoms with E-state index in [4.69, 9.17) is 21.1 Å². The van der Waals surface area contributed by atoms with Crippen molar-refractivity contribution < 1.29 is 14.3 Å². The van der Waals surface area contributed by atoms with Gasteiger partial charge in [-0.25, -0.2) is 4.79 Å². The van der Waals surface area contributed by atoms with Gasteiger partial charge in [-0.1, -0.05) is 11.6 Å². The number of ether oxygens (including phenoxy) is 2. The summed E-state index contributed by atoms with van der Waals surface area (Å²) in [6, 6.07) is 5.22. The minimum absolute atomic E-state index is 0.329. The quantitative estimate of drug-likeness (QED) is 0.928. The maximum Gasteiger partial charge on any atom is 0.413 e. The first kappa shape index (κ1) is 17.1. The summed E-state index contributed by atoms with van der Waals surface area (Å²) in [5.74, 6) is 0.939. The normalized spacial score (nSPS) is 11.2. The van der Waals surface area contributed by atoms with E-state index in [1.807, 2.05) is 20.8 Å². The minimum atomic E-state index is -0.548. The van der Waals surface area contributed by atoms with Gasteiger partial charge < -0.3 is 14.8 Å². The van der Waals surface area contributed by atoms with Crippen LogP contribution in [0.1, 0.15) is 20.8 Å². The van der Waals surface area contributed by atoms with Crippen molar-refractivity contribution in [1.82, 2.24) is 15.1 Å². The highest BCUT2D eigenvalue weighted by molar-refractivity contribution is 6.31. The molecule has 0 saturated heterocycles. The van der Waals surface area contributed by atoms with Crippen molar-refractivity contribution in [3.8, 4) is 22.8 Å². The van der Waals surface area contributed by atoms with Gasteiger partial charge in [-0.2, -0.15) is 5.10 Å². The molecule has 0 unspecified atom stereocenters. The van der Waals surface area contributed by atoms with E-state index in [-0.39, 0.29) is 0 Å². The fourth-order valence-corrected chi connectivity index (χ4v) is 2.27. The number of nitrogens with zero attached hydrogens (tertiary/aromatic N) is 2. The van der Waals surface area contributed by atoms with Gasteiger partial charge in [0.1, 0.15) is 11.4 Å². The molecule has 0 aliphatic heterocycles. The Morgan fingerprint density at radius 2 is 2.00 bits per heavy atom. The number of aryl methyl sites for hydroxylation is 1. The summed E-state index contributed by atoms with van der Waals surface area (Å²) in [5, 5.41) is 7.45. The Morgan fingerprint density at radius 1 is 1.30 bits per heavy atom. The molecule has 0 bridgehead atoms. The standard InChI is InChI=1S/C16H20ClN3O3/c1-16(2,3)19-15(21)23-13-9-18-20(4)14(13)11-8-10(17)6-7-12(11)22-5/h6-9H,1-5H3,(H,19,21). The topological polar surface area (TPSA) is 65.4 Å². The molecule has 124 valence electrons. The zero-order valence-electron chi connectivity index (χ0n) is 13.8. The Hall–Kier alpha value is -2.21. The molecule has 0 spiro atoms. The summed E-state index contributed by atoms with van der Waals surface area (Å²) >= 11 is 6.08. The average Bonchev–Trinajstić information content (AvgIpc) is 2.77. The van der Waals surface area contributed by atoms with E-state index in [9.17, 15) is 4.79 Å². The lowest BCUT2D eigenvalue weighted by Gasteiger charge is -2.20. The molecule has 6 nitrogen and oxygen atoms in total. The Morgan fingerprint density at radius 3 is 2.61 bits per heavy atom. The third kappa shape index (κ3) is 4.16. The van der Waals surface area contributed by atoms with Gasteiger partial charge in [0, 0.05) is 23.2 Å². The predicted molar refractivity (Wildman–Crippen MR) is 89.1 cm³/mol. The molecule has 0 fully saturated rings. The maximum absolute atomic E-state index is 12.0. The van der Waals surface area contributed by atoms with Crippen molar-refractivity contribution >= 4 is 17.7 Å². The van der Waals surface area contributed by atoms with E-state index >= 15 is 0 Å². The first-order valence-electron chi connectivity index (χ1n) is 7.07. The van der Waals surface area contributed by atoms with Crippen LogP contribution in [0.5, 0.6) is 11.5 Å². The van der Waals surface area contributed by atoms with Crippen molar-refractivity contribution in [3.05, 3.63) is 29.4 Å². The molecular formula is C16H20ClN3O3. The van der Waals surface area contributed by atoms with Gasteiger partial charge >= 0.3 is 6.09 Å². The highest BCUT2D eigenvalue weighted by atomic mass is 35.5. The number of nitrogens with one attached hydrogen (secondary N) is 1. The maximum atomic E-state index is 12.0. The number of hydrogen-bond acceptors (Lipinski definition) is 4. The molecule has 1 heterocycles. The van der Waals surface area contributed by atoms with Crippen molar-refractivity contribution in [2.45, 2.75) is 26.3 Å². The molecule has 23 heavy (non-hydrogen) atoms. The van der Waals surface area contributed by atoms with Crippen LogP contribution in [0.3, 0.4) is 0 Å². The molecule has 0 atom stereocenters. The molecule has 0 aliphatic carbocycles. The Labute approximate surface area is 140 Å². The van der Waals surface area contributed by atoms with Crippen LogP contribution in [0.25, 0.3) is 11.3 Å². The molecular weight excluding hydrogens is 318 g/mol. The third-order valence-electron chi connectivity index (χ3n) is 3.00.